The van der Waals surface area contributed by atoms with Gasteiger partial charge < -0.3 is 9.72 Å². The second kappa shape index (κ2) is 4.11. The van der Waals surface area contributed by atoms with Gasteiger partial charge in [0.15, 0.2) is 0 Å². The second-order valence-corrected chi connectivity index (χ2v) is 3.16. The van der Waals surface area contributed by atoms with Gasteiger partial charge in [0, 0.05) is 6.61 Å². The number of hydrogen-bond donors (Lipinski definition) is 1. The van der Waals surface area contributed by atoms with Crippen LogP contribution < -0.4 is 0 Å². The summed E-state index contributed by atoms with van der Waals surface area (Å²) in [5.74, 6) is 0.793. The smallest absolute Gasteiger partial charge is 0.133 e. The van der Waals surface area contributed by atoms with Crippen LogP contribution in [0.25, 0.3) is 11.0 Å². The molecule has 4 heteroatoms. The van der Waals surface area contributed by atoms with Crippen LogP contribution in [0.1, 0.15) is 18.3 Å². The number of benzene rings is 1. The van der Waals surface area contributed by atoms with Gasteiger partial charge >= 0.3 is 0 Å². The molecule has 2 aromatic rings. The number of nitriles is 1. The minimum atomic E-state index is 0.479. The van der Waals surface area contributed by atoms with Crippen LogP contribution >= 0.6 is 0 Å². The van der Waals surface area contributed by atoms with Crippen molar-refractivity contribution in [3.05, 3.63) is 29.6 Å². The minimum absolute atomic E-state index is 0.479. The van der Waals surface area contributed by atoms with E-state index in [4.69, 9.17) is 10.00 Å². The van der Waals surface area contributed by atoms with Crippen molar-refractivity contribution in [1.29, 1.82) is 5.26 Å². The lowest BCUT2D eigenvalue weighted by molar-refractivity contribution is 0.129. The van der Waals surface area contributed by atoms with Crippen molar-refractivity contribution in [1.82, 2.24) is 9.97 Å². The molecule has 0 fully saturated rings. The molecule has 4 nitrogen and oxygen atoms in total. The Bertz CT molecular complexity index is 510. The highest BCUT2D eigenvalue weighted by Crippen LogP contribution is 2.13. The van der Waals surface area contributed by atoms with E-state index in [1.54, 1.807) is 12.1 Å². The monoisotopic (exact) mass is 201 g/mol. The lowest BCUT2D eigenvalue weighted by atomic mass is 10.2. The lowest BCUT2D eigenvalue weighted by Gasteiger charge is -1.94. The first-order valence-corrected chi connectivity index (χ1v) is 4.80. The third-order valence-electron chi connectivity index (χ3n) is 2.10. The summed E-state index contributed by atoms with van der Waals surface area (Å²) in [5.41, 5.74) is 2.38. The fourth-order valence-corrected chi connectivity index (χ4v) is 1.40. The van der Waals surface area contributed by atoms with Crippen molar-refractivity contribution in [2.45, 2.75) is 13.5 Å². The topological polar surface area (TPSA) is 61.7 Å². The van der Waals surface area contributed by atoms with E-state index in [-0.39, 0.29) is 0 Å². The molecular formula is C11H11N3O. The normalized spacial score (nSPS) is 10.4. The van der Waals surface area contributed by atoms with Gasteiger partial charge in [0.2, 0.25) is 0 Å². The van der Waals surface area contributed by atoms with Crippen LogP contribution in [-0.2, 0) is 11.3 Å². The van der Waals surface area contributed by atoms with Gasteiger partial charge in [0.25, 0.3) is 0 Å². The summed E-state index contributed by atoms with van der Waals surface area (Å²) in [6.45, 7) is 3.09. The van der Waals surface area contributed by atoms with Crippen molar-refractivity contribution < 1.29 is 4.74 Å². The molecule has 0 aliphatic carbocycles. The highest BCUT2D eigenvalue weighted by atomic mass is 16.5. The molecule has 76 valence electrons. The van der Waals surface area contributed by atoms with Crippen molar-refractivity contribution in [3.8, 4) is 6.07 Å². The fraction of sp³-hybridized carbons (Fsp3) is 0.273. The van der Waals surface area contributed by atoms with Gasteiger partial charge in [-0.3, -0.25) is 0 Å². The number of aromatic nitrogens is 2. The Labute approximate surface area is 87.5 Å². The first-order chi connectivity index (χ1) is 7.33. The van der Waals surface area contributed by atoms with E-state index in [9.17, 15) is 0 Å². The largest absolute Gasteiger partial charge is 0.374 e. The number of nitrogens with one attached hydrogen (secondary N) is 1. The number of H-pyrrole nitrogens is 1. The molecule has 0 spiro atoms. The van der Waals surface area contributed by atoms with E-state index in [1.807, 2.05) is 13.0 Å². The third kappa shape index (κ3) is 1.97. The fourth-order valence-electron chi connectivity index (χ4n) is 1.40. The Hall–Kier alpha value is -1.86. The molecule has 1 aromatic heterocycles. The third-order valence-corrected chi connectivity index (χ3v) is 2.10. The molecule has 0 bridgehead atoms. The summed E-state index contributed by atoms with van der Waals surface area (Å²) in [4.78, 5) is 7.45. The zero-order valence-electron chi connectivity index (χ0n) is 8.45. The standard InChI is InChI=1S/C11H11N3O/c1-2-15-7-11-13-9-4-3-8(6-12)5-10(9)14-11/h3-5H,2,7H2,1H3,(H,13,14). The Morgan fingerprint density at radius 2 is 2.40 bits per heavy atom. The van der Waals surface area contributed by atoms with Crippen LogP contribution in [0, 0.1) is 11.3 Å². The van der Waals surface area contributed by atoms with Gasteiger partial charge in [0.05, 0.1) is 22.7 Å². The number of ether oxygens (including phenoxy) is 1. The highest BCUT2D eigenvalue weighted by Gasteiger charge is 2.02. The summed E-state index contributed by atoms with van der Waals surface area (Å²) >= 11 is 0. The van der Waals surface area contributed by atoms with Crippen LogP contribution in [0.4, 0.5) is 0 Å². The molecule has 0 aliphatic rings. The average Bonchev–Trinajstić information content (AvgIpc) is 2.67. The van der Waals surface area contributed by atoms with Crippen LogP contribution in [-0.4, -0.2) is 16.6 Å². The Balaban J connectivity index is 2.34. The molecule has 0 saturated heterocycles. The number of aromatic amines is 1. The van der Waals surface area contributed by atoms with Gasteiger partial charge in [-0.15, -0.1) is 0 Å². The predicted octanol–water partition coefficient (Wildman–Crippen LogP) is 1.97. The van der Waals surface area contributed by atoms with E-state index in [0.717, 1.165) is 16.9 Å². The van der Waals surface area contributed by atoms with Crippen LogP contribution in [0.5, 0.6) is 0 Å². The molecule has 15 heavy (non-hydrogen) atoms. The van der Waals surface area contributed by atoms with Gasteiger partial charge in [-0.05, 0) is 25.1 Å². The Morgan fingerprint density at radius 1 is 1.53 bits per heavy atom. The molecule has 0 saturated carbocycles. The van der Waals surface area contributed by atoms with E-state index >= 15 is 0 Å². The maximum atomic E-state index is 8.74. The van der Waals surface area contributed by atoms with Gasteiger partial charge in [-0.2, -0.15) is 5.26 Å². The van der Waals surface area contributed by atoms with Gasteiger partial charge in [-0.1, -0.05) is 0 Å². The molecule has 1 N–H and O–H groups in total. The molecule has 0 aliphatic heterocycles. The first-order valence-electron chi connectivity index (χ1n) is 4.80. The molecular weight excluding hydrogens is 190 g/mol. The van der Waals surface area contributed by atoms with Crippen molar-refractivity contribution >= 4 is 11.0 Å². The summed E-state index contributed by atoms with van der Waals surface area (Å²) < 4.78 is 5.25. The SMILES string of the molecule is CCOCc1nc2ccc(C#N)cc2[nH]1. The lowest BCUT2D eigenvalue weighted by Crippen LogP contribution is -1.93. The molecule has 1 heterocycles. The number of nitrogens with zero attached hydrogens (tertiary/aromatic N) is 2. The van der Waals surface area contributed by atoms with Crippen LogP contribution in [0.15, 0.2) is 18.2 Å². The molecule has 0 atom stereocenters. The maximum Gasteiger partial charge on any atom is 0.133 e. The second-order valence-electron chi connectivity index (χ2n) is 3.16. The van der Waals surface area contributed by atoms with Crippen molar-refractivity contribution in [2.75, 3.05) is 6.61 Å². The van der Waals surface area contributed by atoms with E-state index in [2.05, 4.69) is 16.0 Å². The molecule has 0 unspecified atom stereocenters. The quantitative estimate of drug-likeness (QED) is 0.825. The van der Waals surface area contributed by atoms with E-state index in [0.29, 0.717) is 18.8 Å². The van der Waals surface area contributed by atoms with Crippen LogP contribution in [0.2, 0.25) is 0 Å². The minimum Gasteiger partial charge on any atom is -0.374 e. The molecule has 0 amide bonds. The summed E-state index contributed by atoms with van der Waals surface area (Å²) in [6, 6.07) is 7.47. The number of hydrogen-bond acceptors (Lipinski definition) is 3. The Kier molecular flexibility index (Phi) is 2.66. The van der Waals surface area contributed by atoms with Crippen molar-refractivity contribution in [2.24, 2.45) is 0 Å². The first kappa shape index (κ1) is 9.69. The zero-order valence-corrected chi connectivity index (χ0v) is 8.45. The summed E-state index contributed by atoms with van der Waals surface area (Å²) in [7, 11) is 0. The molecule has 2 rings (SSSR count). The Morgan fingerprint density at radius 3 is 3.13 bits per heavy atom. The van der Waals surface area contributed by atoms with Crippen LogP contribution in [0.3, 0.4) is 0 Å². The number of fused-ring (bicyclic) bond motifs is 1. The number of rotatable bonds is 3. The van der Waals surface area contributed by atoms with Gasteiger partial charge in [-0.25, -0.2) is 4.98 Å². The molecule has 0 radical (unpaired) electrons. The summed E-state index contributed by atoms with van der Waals surface area (Å²) in [6.07, 6.45) is 0. The maximum absolute atomic E-state index is 8.74. The van der Waals surface area contributed by atoms with Gasteiger partial charge in [0.1, 0.15) is 12.4 Å². The zero-order chi connectivity index (χ0) is 10.7. The summed E-state index contributed by atoms with van der Waals surface area (Å²) in [5, 5.41) is 8.74. The predicted molar refractivity (Wildman–Crippen MR) is 56.1 cm³/mol. The van der Waals surface area contributed by atoms with E-state index < -0.39 is 0 Å². The average molecular weight is 201 g/mol. The molecule has 1 aromatic carbocycles. The number of imidazole rings is 1. The van der Waals surface area contributed by atoms with Crippen molar-refractivity contribution in [3.63, 3.8) is 0 Å². The highest BCUT2D eigenvalue weighted by molar-refractivity contribution is 5.76. The van der Waals surface area contributed by atoms with E-state index in [1.165, 1.54) is 0 Å².